The van der Waals surface area contributed by atoms with Crippen molar-refractivity contribution in [3.63, 3.8) is 0 Å². The molecule has 1 aliphatic carbocycles. The first-order chi connectivity index (χ1) is 10.3. The Morgan fingerprint density at radius 1 is 1.29 bits per heavy atom. The van der Waals surface area contributed by atoms with Crippen molar-refractivity contribution in [2.75, 3.05) is 0 Å². The third-order valence-corrected chi connectivity index (χ3v) is 4.59. The molecule has 102 valence electrons. The number of aromatic nitrogens is 2. The smallest absolute Gasteiger partial charge is 0.178 e. The third-order valence-electron chi connectivity index (χ3n) is 4.27. The van der Waals surface area contributed by atoms with E-state index in [4.69, 9.17) is 17.5 Å². The van der Waals surface area contributed by atoms with Crippen molar-refractivity contribution in [1.82, 2.24) is 9.55 Å². The van der Waals surface area contributed by atoms with Gasteiger partial charge in [0.2, 0.25) is 0 Å². The predicted octanol–water partition coefficient (Wildman–Crippen LogP) is 3.91. The number of nitrogens with zero attached hydrogens (tertiary/aromatic N) is 2. The molecule has 0 saturated carbocycles. The second-order valence-corrected chi connectivity index (χ2v) is 5.87. The summed E-state index contributed by atoms with van der Waals surface area (Å²) in [7, 11) is 0. The molecule has 0 fully saturated rings. The fraction of sp³-hybridized carbons (Fsp3) is 0.176. The molecule has 0 saturated heterocycles. The van der Waals surface area contributed by atoms with Gasteiger partial charge in [0.05, 0.1) is 22.7 Å². The second-order valence-electron chi connectivity index (χ2n) is 5.48. The average molecular weight is 291 g/mol. The Labute approximate surface area is 127 Å². The molecule has 4 heteroatoms. The number of benzene rings is 2. The van der Waals surface area contributed by atoms with Gasteiger partial charge in [-0.15, -0.1) is 0 Å². The lowest BCUT2D eigenvalue weighted by molar-refractivity contribution is 0.513. The first-order valence-corrected chi connectivity index (χ1v) is 7.37. The summed E-state index contributed by atoms with van der Waals surface area (Å²) in [6.07, 6.45) is 1.10. The quantitative estimate of drug-likeness (QED) is 0.727. The molecule has 1 aromatic heterocycles. The largest absolute Gasteiger partial charge is 0.331 e. The topological polar surface area (TPSA) is 44.5 Å². The molecule has 0 aliphatic heterocycles. The number of imidazole rings is 1. The van der Waals surface area contributed by atoms with Gasteiger partial charge in [0.25, 0.3) is 0 Å². The normalized spacial score (nSPS) is 16.2. The van der Waals surface area contributed by atoms with E-state index in [1.165, 1.54) is 11.1 Å². The number of rotatable bonds is 2. The van der Waals surface area contributed by atoms with Gasteiger partial charge in [-0.05, 0) is 48.0 Å². The van der Waals surface area contributed by atoms with Gasteiger partial charge in [0, 0.05) is 12.5 Å². The monoisotopic (exact) mass is 291 g/mol. The standard InChI is InChI=1S/C17H13N3S/c18-9-11-5-6-15-16(7-11)20(17(21)19-15)10-13-8-12-3-1-2-4-14(12)13/h1-7,13H,8,10H2,(H,19,21). The van der Waals surface area contributed by atoms with Crippen molar-refractivity contribution >= 4 is 23.3 Å². The summed E-state index contributed by atoms with van der Waals surface area (Å²) in [4.78, 5) is 3.22. The zero-order valence-electron chi connectivity index (χ0n) is 11.3. The molecule has 1 atom stereocenters. The van der Waals surface area contributed by atoms with Crippen LogP contribution in [-0.4, -0.2) is 9.55 Å². The highest BCUT2D eigenvalue weighted by molar-refractivity contribution is 7.71. The van der Waals surface area contributed by atoms with E-state index >= 15 is 0 Å². The SMILES string of the molecule is N#Cc1ccc2[nH]c(=S)n(CC3Cc4ccccc43)c2c1. The summed E-state index contributed by atoms with van der Waals surface area (Å²) in [5.41, 5.74) is 5.53. The Hall–Kier alpha value is -2.38. The minimum Gasteiger partial charge on any atom is -0.331 e. The van der Waals surface area contributed by atoms with Crippen LogP contribution in [0.4, 0.5) is 0 Å². The van der Waals surface area contributed by atoms with Crippen LogP contribution in [0.1, 0.15) is 22.6 Å². The number of nitriles is 1. The second kappa shape index (κ2) is 4.57. The number of fused-ring (bicyclic) bond motifs is 2. The van der Waals surface area contributed by atoms with Gasteiger partial charge in [-0.2, -0.15) is 5.26 Å². The number of H-pyrrole nitrogens is 1. The highest BCUT2D eigenvalue weighted by Gasteiger charge is 2.26. The van der Waals surface area contributed by atoms with E-state index in [-0.39, 0.29) is 0 Å². The van der Waals surface area contributed by atoms with Gasteiger partial charge in [0.15, 0.2) is 4.77 Å². The molecule has 1 N–H and O–H groups in total. The van der Waals surface area contributed by atoms with E-state index in [1.54, 1.807) is 0 Å². The highest BCUT2D eigenvalue weighted by Crippen LogP contribution is 2.36. The van der Waals surface area contributed by atoms with Crippen molar-refractivity contribution in [3.8, 4) is 6.07 Å². The van der Waals surface area contributed by atoms with E-state index < -0.39 is 0 Å². The van der Waals surface area contributed by atoms with E-state index in [1.807, 2.05) is 18.2 Å². The lowest BCUT2D eigenvalue weighted by Gasteiger charge is -2.30. The van der Waals surface area contributed by atoms with E-state index in [0.717, 1.165) is 28.8 Å². The number of nitrogens with one attached hydrogen (secondary N) is 1. The maximum atomic E-state index is 9.07. The minimum atomic E-state index is 0.512. The average Bonchev–Trinajstić information content (AvgIpc) is 2.79. The van der Waals surface area contributed by atoms with E-state index in [9.17, 15) is 0 Å². The van der Waals surface area contributed by atoms with Gasteiger partial charge < -0.3 is 9.55 Å². The Balaban J connectivity index is 1.76. The molecule has 2 aromatic carbocycles. The van der Waals surface area contributed by atoms with Crippen molar-refractivity contribution in [3.05, 3.63) is 63.9 Å². The minimum absolute atomic E-state index is 0.512. The van der Waals surface area contributed by atoms with Crippen molar-refractivity contribution < 1.29 is 0 Å². The maximum Gasteiger partial charge on any atom is 0.178 e. The van der Waals surface area contributed by atoms with Gasteiger partial charge in [-0.1, -0.05) is 24.3 Å². The first kappa shape index (κ1) is 12.4. The molecule has 0 spiro atoms. The molecular weight excluding hydrogens is 278 g/mol. The summed E-state index contributed by atoms with van der Waals surface area (Å²) in [5.74, 6) is 0.512. The number of hydrogen-bond donors (Lipinski definition) is 1. The summed E-state index contributed by atoms with van der Waals surface area (Å²) < 4.78 is 2.84. The Bertz CT molecular complexity index is 943. The molecule has 1 aliphatic rings. The van der Waals surface area contributed by atoms with E-state index in [2.05, 4.69) is 39.9 Å². The van der Waals surface area contributed by atoms with Crippen LogP contribution in [0, 0.1) is 16.1 Å². The Kier molecular flexibility index (Phi) is 2.69. The summed E-state index contributed by atoms with van der Waals surface area (Å²) in [6, 6.07) is 16.4. The molecule has 3 aromatic rings. The van der Waals surface area contributed by atoms with Crippen LogP contribution < -0.4 is 0 Å². The molecule has 3 nitrogen and oxygen atoms in total. The molecule has 1 heterocycles. The fourth-order valence-electron chi connectivity index (χ4n) is 3.15. The lowest BCUT2D eigenvalue weighted by atomic mass is 9.77. The van der Waals surface area contributed by atoms with Crippen LogP contribution in [0.3, 0.4) is 0 Å². The molecule has 0 amide bonds. The predicted molar refractivity (Wildman–Crippen MR) is 84.7 cm³/mol. The van der Waals surface area contributed by atoms with Crippen LogP contribution in [0.5, 0.6) is 0 Å². The van der Waals surface area contributed by atoms with Gasteiger partial charge >= 0.3 is 0 Å². The van der Waals surface area contributed by atoms with Crippen LogP contribution in [0.15, 0.2) is 42.5 Å². The fourth-order valence-corrected chi connectivity index (χ4v) is 3.43. The number of hydrogen-bond acceptors (Lipinski definition) is 2. The van der Waals surface area contributed by atoms with Crippen molar-refractivity contribution in [2.45, 2.75) is 18.9 Å². The number of aromatic amines is 1. The zero-order chi connectivity index (χ0) is 14.4. The molecule has 0 bridgehead atoms. The zero-order valence-corrected chi connectivity index (χ0v) is 12.2. The van der Waals surface area contributed by atoms with E-state index in [0.29, 0.717) is 11.5 Å². The van der Waals surface area contributed by atoms with Crippen LogP contribution in [-0.2, 0) is 13.0 Å². The highest BCUT2D eigenvalue weighted by atomic mass is 32.1. The van der Waals surface area contributed by atoms with Crippen molar-refractivity contribution in [2.24, 2.45) is 0 Å². The van der Waals surface area contributed by atoms with Crippen LogP contribution >= 0.6 is 12.2 Å². The summed E-state index contributed by atoms with van der Waals surface area (Å²) >= 11 is 5.45. The lowest BCUT2D eigenvalue weighted by Crippen LogP contribution is -2.21. The molecule has 1 unspecified atom stereocenters. The first-order valence-electron chi connectivity index (χ1n) is 6.97. The summed E-state index contributed by atoms with van der Waals surface area (Å²) in [5, 5.41) is 9.07. The van der Waals surface area contributed by atoms with Crippen LogP contribution in [0.25, 0.3) is 11.0 Å². The molecule has 4 rings (SSSR count). The Morgan fingerprint density at radius 2 is 2.14 bits per heavy atom. The van der Waals surface area contributed by atoms with Gasteiger partial charge in [0.1, 0.15) is 0 Å². The molecule has 0 radical (unpaired) electrons. The van der Waals surface area contributed by atoms with Gasteiger partial charge in [-0.3, -0.25) is 0 Å². The van der Waals surface area contributed by atoms with Gasteiger partial charge in [-0.25, -0.2) is 0 Å². The van der Waals surface area contributed by atoms with Crippen LogP contribution in [0.2, 0.25) is 0 Å². The summed E-state index contributed by atoms with van der Waals surface area (Å²) in [6.45, 7) is 0.866. The van der Waals surface area contributed by atoms with Crippen molar-refractivity contribution in [1.29, 1.82) is 5.26 Å². The maximum absolute atomic E-state index is 9.07. The Morgan fingerprint density at radius 3 is 2.95 bits per heavy atom. The third kappa shape index (κ3) is 1.90. The molecule has 21 heavy (non-hydrogen) atoms. The molecular formula is C17H13N3S.